The Labute approximate surface area is 197 Å². The number of ether oxygens (including phenoxy) is 1. The van der Waals surface area contributed by atoms with Gasteiger partial charge in [0.2, 0.25) is 0 Å². The van der Waals surface area contributed by atoms with E-state index in [1.807, 2.05) is 0 Å². The lowest BCUT2D eigenvalue weighted by atomic mass is 9.98. The molecule has 0 spiro atoms. The number of azide groups is 1. The summed E-state index contributed by atoms with van der Waals surface area (Å²) in [5.41, 5.74) is 9.34. The molecule has 0 bridgehead atoms. The van der Waals surface area contributed by atoms with E-state index < -0.39 is 23.0 Å². The third-order valence-electron chi connectivity index (χ3n) is 5.88. The molecule has 3 heterocycles. The van der Waals surface area contributed by atoms with Crippen LogP contribution in [-0.2, 0) is 21.5 Å². The number of fused-ring (bicyclic) bond motifs is 1. The standard InChI is InChI=1S/C23H18F2N8O2/c1-2-35-22(34)23(7-8-23)16-11-27-20(29-19(16)30-32-26)18-15-9-14(24)10-28-21(15)33(31-18)12-13-5-3-4-6-17(13)25/h3-6,9-11H,2,7-8,12H2,1H3. The predicted molar refractivity (Wildman–Crippen MR) is 120 cm³/mol. The van der Waals surface area contributed by atoms with Crippen LogP contribution in [0.1, 0.15) is 30.9 Å². The number of hydrogen-bond acceptors (Lipinski definition) is 7. The molecule has 10 nitrogen and oxygen atoms in total. The first kappa shape index (κ1) is 22.4. The lowest BCUT2D eigenvalue weighted by Crippen LogP contribution is -2.24. The normalized spacial score (nSPS) is 13.9. The summed E-state index contributed by atoms with van der Waals surface area (Å²) in [5.74, 6) is -1.45. The molecule has 0 unspecified atom stereocenters. The van der Waals surface area contributed by atoms with E-state index >= 15 is 0 Å². The highest BCUT2D eigenvalue weighted by Gasteiger charge is 2.54. The molecule has 0 saturated heterocycles. The Kier molecular flexibility index (Phi) is 5.58. The first-order valence-electron chi connectivity index (χ1n) is 10.8. The molecule has 0 aliphatic heterocycles. The van der Waals surface area contributed by atoms with Gasteiger partial charge in [-0.05, 0) is 42.5 Å². The number of hydrogen-bond donors (Lipinski definition) is 0. The van der Waals surface area contributed by atoms with Crippen molar-refractivity contribution >= 4 is 22.8 Å². The van der Waals surface area contributed by atoms with Gasteiger partial charge in [0, 0.05) is 22.2 Å². The first-order valence-corrected chi connectivity index (χ1v) is 10.8. The van der Waals surface area contributed by atoms with Crippen molar-refractivity contribution in [3.05, 3.63) is 75.9 Å². The Morgan fingerprint density at radius 1 is 1.26 bits per heavy atom. The first-order chi connectivity index (χ1) is 17.0. The van der Waals surface area contributed by atoms with Crippen LogP contribution in [0.5, 0.6) is 0 Å². The van der Waals surface area contributed by atoms with Crippen LogP contribution in [0, 0.1) is 11.6 Å². The summed E-state index contributed by atoms with van der Waals surface area (Å²) in [6, 6.07) is 7.45. The van der Waals surface area contributed by atoms with Crippen molar-refractivity contribution in [2.75, 3.05) is 6.61 Å². The zero-order valence-electron chi connectivity index (χ0n) is 18.5. The molecule has 1 fully saturated rings. The third-order valence-corrected chi connectivity index (χ3v) is 5.88. The number of nitrogens with zero attached hydrogens (tertiary/aromatic N) is 8. The maximum atomic E-state index is 14.3. The quantitative estimate of drug-likeness (QED) is 0.164. The van der Waals surface area contributed by atoms with Gasteiger partial charge in [-0.15, -0.1) is 0 Å². The van der Waals surface area contributed by atoms with Crippen molar-refractivity contribution in [2.24, 2.45) is 5.11 Å². The monoisotopic (exact) mass is 476 g/mol. The van der Waals surface area contributed by atoms with E-state index in [1.54, 1.807) is 25.1 Å². The molecular weight excluding hydrogens is 458 g/mol. The van der Waals surface area contributed by atoms with E-state index in [1.165, 1.54) is 23.0 Å². The van der Waals surface area contributed by atoms with Crippen LogP contribution in [-0.4, -0.2) is 37.3 Å². The lowest BCUT2D eigenvalue weighted by Gasteiger charge is -2.15. The molecule has 0 atom stereocenters. The Morgan fingerprint density at radius 3 is 2.77 bits per heavy atom. The topological polar surface area (TPSA) is 132 Å². The van der Waals surface area contributed by atoms with Gasteiger partial charge in [-0.3, -0.25) is 4.79 Å². The summed E-state index contributed by atoms with van der Waals surface area (Å²) in [6.45, 7) is 1.95. The average Bonchev–Trinajstić information content (AvgIpc) is 3.58. The number of carbonyl (C=O) groups excluding carboxylic acids is 1. The largest absolute Gasteiger partial charge is 0.465 e. The Morgan fingerprint density at radius 2 is 2.06 bits per heavy atom. The fourth-order valence-electron chi connectivity index (χ4n) is 4.02. The zero-order chi connectivity index (χ0) is 24.6. The Bertz CT molecular complexity index is 1510. The molecule has 1 aromatic carbocycles. The molecular formula is C23H18F2N8O2. The summed E-state index contributed by atoms with van der Waals surface area (Å²) < 4.78 is 35.0. The molecule has 0 amide bonds. The molecule has 3 aromatic heterocycles. The van der Waals surface area contributed by atoms with Gasteiger partial charge >= 0.3 is 5.97 Å². The smallest absolute Gasteiger partial charge is 0.316 e. The van der Waals surface area contributed by atoms with Crippen molar-refractivity contribution in [2.45, 2.75) is 31.7 Å². The minimum atomic E-state index is -0.960. The van der Waals surface area contributed by atoms with Gasteiger partial charge in [-0.25, -0.2) is 28.4 Å². The Hall–Kier alpha value is -4.44. The van der Waals surface area contributed by atoms with Gasteiger partial charge in [0.1, 0.15) is 23.1 Å². The van der Waals surface area contributed by atoms with Gasteiger partial charge in [0.25, 0.3) is 0 Å². The molecule has 176 valence electrons. The number of halogens is 2. The van der Waals surface area contributed by atoms with Crippen LogP contribution in [0.2, 0.25) is 0 Å². The highest BCUT2D eigenvalue weighted by atomic mass is 19.1. The minimum absolute atomic E-state index is 0.0368. The van der Waals surface area contributed by atoms with E-state index in [4.69, 9.17) is 10.3 Å². The fraction of sp³-hybridized carbons (Fsp3) is 0.261. The molecule has 0 N–H and O–H groups in total. The second-order valence-corrected chi connectivity index (χ2v) is 8.05. The highest BCUT2D eigenvalue weighted by molar-refractivity contribution is 5.90. The van der Waals surface area contributed by atoms with Gasteiger partial charge in [-0.1, -0.05) is 18.2 Å². The number of rotatable bonds is 7. The number of benzene rings is 1. The molecule has 1 aliphatic carbocycles. The molecule has 12 heteroatoms. The predicted octanol–water partition coefficient (Wildman–Crippen LogP) is 4.75. The second-order valence-electron chi connectivity index (χ2n) is 8.05. The summed E-state index contributed by atoms with van der Waals surface area (Å²) in [6.07, 6.45) is 3.47. The molecule has 1 saturated carbocycles. The number of carbonyl (C=O) groups is 1. The van der Waals surface area contributed by atoms with Crippen LogP contribution in [0.25, 0.3) is 33.0 Å². The van der Waals surface area contributed by atoms with Crippen LogP contribution in [0.15, 0.2) is 47.8 Å². The van der Waals surface area contributed by atoms with Crippen molar-refractivity contribution in [3.8, 4) is 11.5 Å². The van der Waals surface area contributed by atoms with Crippen molar-refractivity contribution in [3.63, 3.8) is 0 Å². The third kappa shape index (κ3) is 3.93. The molecule has 5 rings (SSSR count). The van der Waals surface area contributed by atoms with Crippen LogP contribution in [0.4, 0.5) is 14.6 Å². The van der Waals surface area contributed by atoms with E-state index in [9.17, 15) is 13.6 Å². The minimum Gasteiger partial charge on any atom is -0.465 e. The molecule has 4 aromatic rings. The summed E-state index contributed by atoms with van der Waals surface area (Å²) >= 11 is 0. The lowest BCUT2D eigenvalue weighted by molar-refractivity contribution is -0.146. The molecule has 1 aliphatic rings. The summed E-state index contributed by atoms with van der Waals surface area (Å²) in [4.78, 5) is 28.2. The Balaban J connectivity index is 1.63. The summed E-state index contributed by atoms with van der Waals surface area (Å²) in [5, 5.41) is 8.45. The van der Waals surface area contributed by atoms with Gasteiger partial charge in [0.15, 0.2) is 11.5 Å². The number of pyridine rings is 1. The van der Waals surface area contributed by atoms with Crippen LogP contribution < -0.4 is 0 Å². The van der Waals surface area contributed by atoms with E-state index in [2.05, 4.69) is 30.1 Å². The van der Waals surface area contributed by atoms with Crippen molar-refractivity contribution < 1.29 is 18.3 Å². The van der Waals surface area contributed by atoms with Crippen LogP contribution >= 0.6 is 0 Å². The second kappa shape index (κ2) is 8.73. The number of aromatic nitrogens is 5. The maximum Gasteiger partial charge on any atom is 0.316 e. The van der Waals surface area contributed by atoms with Crippen molar-refractivity contribution in [1.82, 2.24) is 24.7 Å². The van der Waals surface area contributed by atoms with E-state index in [0.717, 1.165) is 6.20 Å². The SMILES string of the molecule is CCOC(=O)C1(c2cnc(-c3nn(Cc4ccccc4F)c4ncc(F)cc34)nc2N=[N+]=[N-])CC1. The maximum absolute atomic E-state index is 14.3. The summed E-state index contributed by atoms with van der Waals surface area (Å²) in [7, 11) is 0. The zero-order valence-corrected chi connectivity index (χ0v) is 18.5. The van der Waals surface area contributed by atoms with Crippen LogP contribution in [0.3, 0.4) is 0 Å². The highest BCUT2D eigenvalue weighted by Crippen LogP contribution is 2.52. The van der Waals surface area contributed by atoms with E-state index in [0.29, 0.717) is 35.0 Å². The number of esters is 1. The van der Waals surface area contributed by atoms with Gasteiger partial charge in [-0.2, -0.15) is 5.10 Å². The van der Waals surface area contributed by atoms with Gasteiger partial charge in [0.05, 0.1) is 30.1 Å². The molecule has 35 heavy (non-hydrogen) atoms. The molecule has 0 radical (unpaired) electrons. The average molecular weight is 476 g/mol. The fourth-order valence-corrected chi connectivity index (χ4v) is 4.02. The van der Waals surface area contributed by atoms with E-state index in [-0.39, 0.29) is 30.5 Å². The van der Waals surface area contributed by atoms with Gasteiger partial charge < -0.3 is 4.74 Å². The van der Waals surface area contributed by atoms with Crippen molar-refractivity contribution in [1.29, 1.82) is 0 Å².